The Morgan fingerprint density at radius 2 is 2.00 bits per heavy atom. The van der Waals surface area contributed by atoms with E-state index in [9.17, 15) is 4.79 Å². The highest BCUT2D eigenvalue weighted by atomic mass is 16.1. The van der Waals surface area contributed by atoms with E-state index in [-0.39, 0.29) is 5.91 Å². The van der Waals surface area contributed by atoms with Gasteiger partial charge in [0.25, 0.3) is 5.91 Å². The van der Waals surface area contributed by atoms with Crippen LogP contribution in [0.15, 0.2) is 48.7 Å². The van der Waals surface area contributed by atoms with E-state index in [1.54, 1.807) is 12.3 Å². The topological polar surface area (TPSA) is 54.0 Å². The molecule has 1 heterocycles. The van der Waals surface area contributed by atoms with Crippen molar-refractivity contribution >= 4 is 11.6 Å². The third-order valence-electron chi connectivity index (χ3n) is 3.14. The van der Waals surface area contributed by atoms with Gasteiger partial charge in [-0.2, -0.15) is 0 Å². The van der Waals surface area contributed by atoms with Crippen molar-refractivity contribution in [3.63, 3.8) is 0 Å². The van der Waals surface area contributed by atoms with Gasteiger partial charge in [-0.25, -0.2) is 0 Å². The van der Waals surface area contributed by atoms with E-state index in [4.69, 9.17) is 0 Å². The number of anilines is 1. The summed E-state index contributed by atoms with van der Waals surface area (Å²) in [6.07, 6.45) is 3.53. The quantitative estimate of drug-likeness (QED) is 0.768. The second kappa shape index (κ2) is 8.04. The first-order valence-corrected chi connectivity index (χ1v) is 7.31. The molecular formula is C17H21N3O. The van der Waals surface area contributed by atoms with Gasteiger partial charge in [-0.15, -0.1) is 0 Å². The fraction of sp³-hybridized carbons (Fsp3) is 0.294. The second-order valence-electron chi connectivity index (χ2n) is 4.81. The number of pyridine rings is 1. The number of aryl methyl sites for hydroxylation is 1. The Morgan fingerprint density at radius 1 is 1.19 bits per heavy atom. The average molecular weight is 283 g/mol. The maximum absolute atomic E-state index is 12.0. The van der Waals surface area contributed by atoms with Gasteiger partial charge < -0.3 is 10.6 Å². The van der Waals surface area contributed by atoms with Crippen LogP contribution in [0.3, 0.4) is 0 Å². The number of benzene rings is 1. The average Bonchev–Trinajstić information content (AvgIpc) is 2.53. The predicted octanol–water partition coefficient (Wildman–Crippen LogP) is 2.88. The maximum atomic E-state index is 12.0. The number of carbonyl (C=O) groups is 1. The van der Waals surface area contributed by atoms with Crippen molar-refractivity contribution < 1.29 is 4.79 Å². The monoisotopic (exact) mass is 283 g/mol. The molecule has 0 bridgehead atoms. The molecule has 1 aromatic carbocycles. The van der Waals surface area contributed by atoms with Crippen molar-refractivity contribution in [3.05, 3.63) is 59.9 Å². The lowest BCUT2D eigenvalue weighted by atomic mass is 10.1. The number of nitrogens with one attached hydrogen (secondary N) is 2. The minimum atomic E-state index is -0.122. The molecule has 0 atom stereocenters. The van der Waals surface area contributed by atoms with Crippen LogP contribution < -0.4 is 10.6 Å². The zero-order valence-corrected chi connectivity index (χ0v) is 12.3. The molecule has 1 amide bonds. The Labute approximate surface area is 125 Å². The van der Waals surface area contributed by atoms with E-state index in [0.29, 0.717) is 12.2 Å². The van der Waals surface area contributed by atoms with Crippen LogP contribution in [0.25, 0.3) is 0 Å². The Kier molecular flexibility index (Phi) is 5.76. The molecule has 0 radical (unpaired) electrons. The molecule has 0 aliphatic rings. The van der Waals surface area contributed by atoms with E-state index >= 15 is 0 Å². The van der Waals surface area contributed by atoms with Gasteiger partial charge in [-0.1, -0.05) is 30.3 Å². The van der Waals surface area contributed by atoms with E-state index in [1.165, 1.54) is 5.56 Å². The van der Waals surface area contributed by atoms with Gasteiger partial charge in [0, 0.05) is 25.0 Å². The van der Waals surface area contributed by atoms with Gasteiger partial charge in [0.05, 0.1) is 0 Å². The third kappa shape index (κ3) is 4.91. The van der Waals surface area contributed by atoms with Crippen LogP contribution in [0, 0.1) is 0 Å². The molecule has 2 N–H and O–H groups in total. The molecule has 1 aromatic heterocycles. The van der Waals surface area contributed by atoms with Crippen LogP contribution in [0.2, 0.25) is 0 Å². The number of carbonyl (C=O) groups excluding carboxylic acids is 1. The fourth-order valence-electron chi connectivity index (χ4n) is 2.10. The largest absolute Gasteiger partial charge is 0.385 e. The van der Waals surface area contributed by atoms with Crippen molar-refractivity contribution in [2.45, 2.75) is 19.8 Å². The lowest BCUT2D eigenvalue weighted by molar-refractivity contribution is 0.0948. The van der Waals surface area contributed by atoms with Crippen LogP contribution in [0.1, 0.15) is 29.4 Å². The van der Waals surface area contributed by atoms with Gasteiger partial charge in [0.2, 0.25) is 0 Å². The standard InChI is InChI=1S/C17H21N3O/c1-2-18-15-10-12-19-16(13-15)17(21)20-11-6-9-14-7-4-3-5-8-14/h3-5,7-8,10,12-13H,2,6,9,11H2,1H3,(H,18,19)(H,20,21). The molecule has 0 fully saturated rings. The summed E-state index contributed by atoms with van der Waals surface area (Å²) in [5.74, 6) is -0.122. The summed E-state index contributed by atoms with van der Waals surface area (Å²) in [6.45, 7) is 3.49. The minimum absolute atomic E-state index is 0.122. The molecule has 0 saturated heterocycles. The first kappa shape index (κ1) is 15.0. The molecule has 4 heteroatoms. The summed E-state index contributed by atoms with van der Waals surface area (Å²) in [4.78, 5) is 16.1. The predicted molar refractivity (Wildman–Crippen MR) is 85.5 cm³/mol. The SMILES string of the molecule is CCNc1ccnc(C(=O)NCCCc2ccccc2)c1. The summed E-state index contributed by atoms with van der Waals surface area (Å²) in [5, 5.41) is 6.08. The molecule has 21 heavy (non-hydrogen) atoms. The van der Waals surface area contributed by atoms with Gasteiger partial charge in [-0.3, -0.25) is 9.78 Å². The highest BCUT2D eigenvalue weighted by Crippen LogP contribution is 2.07. The van der Waals surface area contributed by atoms with Crippen LogP contribution in [0.4, 0.5) is 5.69 Å². The van der Waals surface area contributed by atoms with Crippen molar-refractivity contribution in [2.24, 2.45) is 0 Å². The highest BCUT2D eigenvalue weighted by molar-refractivity contribution is 5.93. The molecule has 4 nitrogen and oxygen atoms in total. The molecule has 0 spiro atoms. The number of rotatable bonds is 7. The normalized spacial score (nSPS) is 10.1. The van der Waals surface area contributed by atoms with E-state index in [2.05, 4.69) is 27.8 Å². The lowest BCUT2D eigenvalue weighted by Crippen LogP contribution is -2.25. The number of nitrogens with zero attached hydrogens (tertiary/aromatic N) is 1. The number of amides is 1. The van der Waals surface area contributed by atoms with Crippen LogP contribution >= 0.6 is 0 Å². The summed E-state index contributed by atoms with van der Waals surface area (Å²) >= 11 is 0. The number of aromatic nitrogens is 1. The Bertz CT molecular complexity index is 569. The fourth-order valence-corrected chi connectivity index (χ4v) is 2.10. The van der Waals surface area contributed by atoms with Gasteiger partial charge >= 0.3 is 0 Å². The van der Waals surface area contributed by atoms with E-state index in [1.807, 2.05) is 31.2 Å². The minimum Gasteiger partial charge on any atom is -0.385 e. The lowest BCUT2D eigenvalue weighted by Gasteiger charge is -2.07. The summed E-state index contributed by atoms with van der Waals surface area (Å²) in [6, 6.07) is 13.9. The Balaban J connectivity index is 1.78. The molecule has 0 saturated carbocycles. The van der Waals surface area contributed by atoms with Crippen molar-refractivity contribution in [3.8, 4) is 0 Å². The molecule has 0 aliphatic carbocycles. The highest BCUT2D eigenvalue weighted by Gasteiger charge is 2.06. The smallest absolute Gasteiger partial charge is 0.269 e. The van der Waals surface area contributed by atoms with E-state index in [0.717, 1.165) is 25.1 Å². The molecule has 2 aromatic rings. The third-order valence-corrected chi connectivity index (χ3v) is 3.14. The number of hydrogen-bond acceptors (Lipinski definition) is 3. The summed E-state index contributed by atoms with van der Waals surface area (Å²) in [5.41, 5.74) is 2.66. The first-order chi connectivity index (χ1) is 10.3. The maximum Gasteiger partial charge on any atom is 0.269 e. The summed E-state index contributed by atoms with van der Waals surface area (Å²) in [7, 11) is 0. The van der Waals surface area contributed by atoms with E-state index < -0.39 is 0 Å². The van der Waals surface area contributed by atoms with Crippen LogP contribution in [0.5, 0.6) is 0 Å². The van der Waals surface area contributed by atoms with Crippen molar-refractivity contribution in [1.29, 1.82) is 0 Å². The summed E-state index contributed by atoms with van der Waals surface area (Å²) < 4.78 is 0. The molecule has 0 aliphatic heterocycles. The van der Waals surface area contributed by atoms with Crippen molar-refractivity contribution in [1.82, 2.24) is 10.3 Å². The zero-order chi connectivity index (χ0) is 14.9. The molecule has 0 unspecified atom stereocenters. The van der Waals surface area contributed by atoms with Crippen molar-refractivity contribution in [2.75, 3.05) is 18.4 Å². The van der Waals surface area contributed by atoms with Gasteiger partial charge in [0.15, 0.2) is 0 Å². The Hall–Kier alpha value is -2.36. The molecule has 110 valence electrons. The first-order valence-electron chi connectivity index (χ1n) is 7.31. The number of hydrogen-bond donors (Lipinski definition) is 2. The molecule has 2 rings (SSSR count). The van der Waals surface area contributed by atoms with Crippen LogP contribution in [-0.2, 0) is 6.42 Å². The second-order valence-corrected chi connectivity index (χ2v) is 4.81. The van der Waals surface area contributed by atoms with Gasteiger partial charge in [0.1, 0.15) is 5.69 Å². The zero-order valence-electron chi connectivity index (χ0n) is 12.3. The van der Waals surface area contributed by atoms with Crippen LogP contribution in [-0.4, -0.2) is 24.0 Å². The van der Waals surface area contributed by atoms with Gasteiger partial charge in [-0.05, 0) is 37.5 Å². The molecular weight excluding hydrogens is 262 g/mol. The Morgan fingerprint density at radius 3 is 2.76 bits per heavy atom.